The Balaban J connectivity index is 1.64. The Morgan fingerprint density at radius 3 is 2.05 bits per heavy atom. The first-order valence-corrected chi connectivity index (χ1v) is 12.8. The zero-order chi connectivity index (χ0) is 29.6. The summed E-state index contributed by atoms with van der Waals surface area (Å²) in [5.41, 5.74) is 3.01. The zero-order valence-electron chi connectivity index (χ0n) is 22.4. The van der Waals surface area contributed by atoms with E-state index in [2.05, 4.69) is 14.5 Å². The van der Waals surface area contributed by atoms with Gasteiger partial charge < -0.3 is 14.7 Å². The summed E-state index contributed by atoms with van der Waals surface area (Å²) < 4.78 is 75.1. The van der Waals surface area contributed by atoms with Crippen molar-refractivity contribution in [1.82, 2.24) is 9.47 Å². The van der Waals surface area contributed by atoms with Crippen LogP contribution in [0.2, 0.25) is 0 Å². The minimum Gasteiger partial charge on any atom is -0.619 e. The minimum atomic E-state index is -3.25. The molecule has 2 heterocycles. The summed E-state index contributed by atoms with van der Waals surface area (Å²) in [6.07, 6.45) is 5.44. The Morgan fingerprint density at radius 2 is 1.44 bits per heavy atom. The highest BCUT2D eigenvalue weighted by Gasteiger charge is 2.24. The van der Waals surface area contributed by atoms with Gasteiger partial charge in [0.05, 0.1) is 20.6 Å². The fourth-order valence-electron chi connectivity index (χ4n) is 4.50. The predicted molar refractivity (Wildman–Crippen MR) is 144 cm³/mol. The van der Waals surface area contributed by atoms with Gasteiger partial charge in [0.15, 0.2) is 23.9 Å². The van der Waals surface area contributed by atoms with Crippen LogP contribution in [0.5, 0.6) is 11.5 Å². The number of benzene rings is 2. The summed E-state index contributed by atoms with van der Waals surface area (Å²) in [4.78, 5) is 4.69. The van der Waals surface area contributed by atoms with Crippen molar-refractivity contribution in [1.29, 1.82) is 0 Å². The molecule has 2 aromatic heterocycles. The Kier molecular flexibility index (Phi) is 9.38. The number of halogens is 5. The van der Waals surface area contributed by atoms with Crippen molar-refractivity contribution in [2.45, 2.75) is 32.0 Å². The second-order valence-corrected chi connectivity index (χ2v) is 10.0. The Hall–Kier alpha value is -4.25. The second kappa shape index (κ2) is 12.9. The molecule has 0 fully saturated rings. The van der Waals surface area contributed by atoms with E-state index in [0.29, 0.717) is 34.2 Å². The van der Waals surface area contributed by atoms with E-state index in [9.17, 15) is 27.2 Å². The molecule has 1 atom stereocenters. The molecule has 11 heteroatoms. The number of aromatic nitrogens is 2. The van der Waals surface area contributed by atoms with Gasteiger partial charge in [-0.05, 0) is 59.0 Å². The summed E-state index contributed by atoms with van der Waals surface area (Å²) in [6, 6.07) is 17.3. The molecule has 4 aromatic rings. The van der Waals surface area contributed by atoms with E-state index in [4.69, 9.17) is 0 Å². The van der Waals surface area contributed by atoms with Crippen LogP contribution in [0.15, 0.2) is 85.3 Å². The molecule has 1 unspecified atom stereocenters. The number of ether oxygens (including phenoxy) is 2. The molecule has 2 aromatic carbocycles. The molecule has 216 valence electrons. The van der Waals surface area contributed by atoms with Gasteiger partial charge in [-0.25, -0.2) is 9.37 Å². The standard InChI is InChI=1S/C30H29F5N3O3/c1-38(2,16-13-20-3-7-24(31)8-4-20)28-10-6-23(19-36-28)25(17-21-11-14-37(39)15-12-21)22-5-9-26(40-29(32)33)27(18-22)41-30(34)35/h3-12,14-15,18-19,25,29-30H,13,16-17H2,1-2H3/q+1. The topological polar surface area (TPSA) is 58.3 Å². The van der Waals surface area contributed by atoms with Crippen LogP contribution in [0.1, 0.15) is 28.2 Å². The molecule has 0 saturated heterocycles. The van der Waals surface area contributed by atoms with Crippen LogP contribution in [-0.4, -0.2) is 38.8 Å². The van der Waals surface area contributed by atoms with E-state index < -0.39 is 30.6 Å². The SMILES string of the molecule is C[N+](C)(CCc1ccc(F)cc1)c1ccc(C(Cc2cc[n+]([O-])cc2)c2ccc(OC(F)F)c(OC(F)F)c2)cn1. The van der Waals surface area contributed by atoms with Gasteiger partial charge in [-0.15, -0.1) is 0 Å². The van der Waals surface area contributed by atoms with Crippen LogP contribution in [-0.2, 0) is 12.8 Å². The maximum absolute atomic E-state index is 13.2. The van der Waals surface area contributed by atoms with Crippen molar-refractivity contribution in [2.24, 2.45) is 0 Å². The minimum absolute atomic E-state index is 0.291. The molecular formula is C30H29F5N3O3+. The van der Waals surface area contributed by atoms with Crippen LogP contribution < -0.4 is 18.7 Å². The summed E-state index contributed by atoms with van der Waals surface area (Å²) in [6.45, 7) is -5.78. The lowest BCUT2D eigenvalue weighted by Gasteiger charge is -2.28. The predicted octanol–water partition coefficient (Wildman–Crippen LogP) is 6.24. The van der Waals surface area contributed by atoms with Crippen LogP contribution in [0, 0.1) is 11.0 Å². The highest BCUT2D eigenvalue weighted by Crippen LogP contribution is 2.37. The van der Waals surface area contributed by atoms with Crippen LogP contribution in [0.3, 0.4) is 0 Å². The van der Waals surface area contributed by atoms with Crippen molar-refractivity contribution in [3.05, 3.63) is 119 Å². The summed E-state index contributed by atoms with van der Waals surface area (Å²) >= 11 is 0. The largest absolute Gasteiger partial charge is 0.619 e. The van der Waals surface area contributed by atoms with Crippen LogP contribution in [0.25, 0.3) is 0 Å². The van der Waals surface area contributed by atoms with Gasteiger partial charge in [-0.2, -0.15) is 22.3 Å². The number of pyridine rings is 2. The number of nitrogens with zero attached hydrogens (tertiary/aromatic N) is 3. The molecule has 0 saturated carbocycles. The van der Waals surface area contributed by atoms with Crippen molar-refractivity contribution in [2.75, 3.05) is 20.6 Å². The first-order valence-electron chi connectivity index (χ1n) is 12.8. The van der Waals surface area contributed by atoms with E-state index in [1.807, 2.05) is 26.2 Å². The summed E-state index contributed by atoms with van der Waals surface area (Å²) in [5, 5.41) is 11.5. The van der Waals surface area contributed by atoms with Gasteiger partial charge in [0.1, 0.15) is 5.82 Å². The fourth-order valence-corrected chi connectivity index (χ4v) is 4.50. The summed E-state index contributed by atoms with van der Waals surface area (Å²) in [7, 11) is 4.00. The molecule has 0 bridgehead atoms. The molecule has 41 heavy (non-hydrogen) atoms. The van der Waals surface area contributed by atoms with Crippen molar-refractivity contribution < 1.29 is 36.2 Å². The van der Waals surface area contributed by atoms with Gasteiger partial charge >= 0.3 is 13.2 Å². The highest BCUT2D eigenvalue weighted by atomic mass is 19.3. The lowest BCUT2D eigenvalue weighted by atomic mass is 9.86. The number of rotatable bonds is 12. The van der Waals surface area contributed by atoms with Crippen LogP contribution >= 0.6 is 0 Å². The van der Waals surface area contributed by atoms with E-state index in [0.717, 1.165) is 22.5 Å². The quantitative estimate of drug-likeness (QED) is 0.0870. The number of alkyl halides is 4. The maximum atomic E-state index is 13.2. The fraction of sp³-hybridized carbons (Fsp3) is 0.267. The van der Waals surface area contributed by atoms with E-state index in [1.54, 1.807) is 30.5 Å². The van der Waals surface area contributed by atoms with E-state index in [-0.39, 0.29) is 5.82 Å². The van der Waals surface area contributed by atoms with Gasteiger partial charge in [0.2, 0.25) is 5.82 Å². The molecule has 0 radical (unpaired) electrons. The third kappa shape index (κ3) is 8.14. The van der Waals surface area contributed by atoms with Gasteiger partial charge in [-0.1, -0.05) is 18.2 Å². The number of hydrogen-bond donors (Lipinski definition) is 0. The third-order valence-electron chi connectivity index (χ3n) is 6.78. The molecule has 4 rings (SSSR count). The van der Waals surface area contributed by atoms with Crippen molar-refractivity contribution in [3.63, 3.8) is 0 Å². The number of quaternary nitrogens is 1. The Labute approximate surface area is 234 Å². The van der Waals surface area contributed by atoms with E-state index in [1.165, 1.54) is 42.7 Å². The van der Waals surface area contributed by atoms with Gasteiger partial charge in [0, 0.05) is 36.7 Å². The molecule has 0 aliphatic carbocycles. The first kappa shape index (κ1) is 29.7. The molecular weight excluding hydrogens is 545 g/mol. The molecule has 0 amide bonds. The average molecular weight is 575 g/mol. The lowest BCUT2D eigenvalue weighted by Crippen LogP contribution is -2.42. The molecule has 0 spiro atoms. The van der Waals surface area contributed by atoms with Crippen molar-refractivity contribution >= 4 is 5.82 Å². The normalized spacial score (nSPS) is 12.5. The van der Waals surface area contributed by atoms with Crippen molar-refractivity contribution in [3.8, 4) is 11.5 Å². The Morgan fingerprint density at radius 1 is 0.805 bits per heavy atom. The van der Waals surface area contributed by atoms with E-state index >= 15 is 0 Å². The third-order valence-corrected chi connectivity index (χ3v) is 6.78. The molecule has 0 aliphatic heterocycles. The van der Waals surface area contributed by atoms with Gasteiger partial charge in [0.25, 0.3) is 0 Å². The maximum Gasteiger partial charge on any atom is 0.387 e. The second-order valence-electron chi connectivity index (χ2n) is 10.0. The Bertz CT molecular complexity index is 1420. The zero-order valence-corrected chi connectivity index (χ0v) is 22.4. The smallest absolute Gasteiger partial charge is 0.387 e. The summed E-state index contributed by atoms with van der Waals surface area (Å²) in [5.74, 6) is -1.00. The number of likely N-dealkylation sites (N-methyl/N-ethyl adjacent to an activating group) is 1. The first-order chi connectivity index (χ1) is 19.5. The molecule has 0 N–H and O–H groups in total. The van der Waals surface area contributed by atoms with Gasteiger partial charge in [-0.3, -0.25) is 4.48 Å². The molecule has 6 nitrogen and oxygen atoms in total. The molecule has 0 aliphatic rings. The number of hydrogen-bond acceptors (Lipinski definition) is 4. The highest BCUT2D eigenvalue weighted by molar-refractivity contribution is 5.47. The van der Waals surface area contributed by atoms with Crippen LogP contribution in [0.4, 0.5) is 27.8 Å². The average Bonchev–Trinajstić information content (AvgIpc) is 2.93. The lowest BCUT2D eigenvalue weighted by molar-refractivity contribution is -0.605. The monoisotopic (exact) mass is 574 g/mol.